The first-order chi connectivity index (χ1) is 7.83. The van der Waals surface area contributed by atoms with Gasteiger partial charge in [0.25, 0.3) is 0 Å². The van der Waals surface area contributed by atoms with Gasteiger partial charge in [0, 0.05) is 12.3 Å². The predicted molar refractivity (Wildman–Crippen MR) is 65.1 cm³/mol. The summed E-state index contributed by atoms with van der Waals surface area (Å²) >= 11 is 0. The highest BCUT2D eigenvalue weighted by Gasteiger charge is 2.51. The number of aliphatic hydroxyl groups is 1. The smallest absolute Gasteiger partial charge is 0.189 e. The second kappa shape index (κ2) is 3.84. The fraction of sp³-hybridized carbons (Fsp3) is 0.714. The maximum atomic E-state index is 10.4. The van der Waals surface area contributed by atoms with Crippen LogP contribution < -0.4 is 0 Å². The summed E-state index contributed by atoms with van der Waals surface area (Å²) in [5.74, 6) is 1.69. The summed E-state index contributed by atoms with van der Waals surface area (Å²) in [6, 6.07) is 0. The highest BCUT2D eigenvalue weighted by molar-refractivity contribution is 5.34. The monoisotopic (exact) mass is 236 g/mol. The SMILES string of the molecule is C#CC1(O)C(C)=CC2(CC1C)OC(C)C(C)O2. The molecule has 0 amide bonds. The zero-order valence-electron chi connectivity index (χ0n) is 10.9. The molecule has 0 radical (unpaired) electrons. The van der Waals surface area contributed by atoms with Crippen molar-refractivity contribution in [2.75, 3.05) is 0 Å². The molecular weight excluding hydrogens is 216 g/mol. The van der Waals surface area contributed by atoms with E-state index in [-0.39, 0.29) is 18.1 Å². The van der Waals surface area contributed by atoms with Gasteiger partial charge in [-0.25, -0.2) is 0 Å². The van der Waals surface area contributed by atoms with Crippen molar-refractivity contribution in [3.63, 3.8) is 0 Å². The molecule has 1 saturated heterocycles. The Hall–Kier alpha value is -0.820. The van der Waals surface area contributed by atoms with Crippen LogP contribution in [0, 0.1) is 18.3 Å². The summed E-state index contributed by atoms with van der Waals surface area (Å²) in [5.41, 5.74) is -0.437. The summed E-state index contributed by atoms with van der Waals surface area (Å²) in [6.07, 6.45) is 7.98. The van der Waals surface area contributed by atoms with Crippen molar-refractivity contribution in [1.29, 1.82) is 0 Å². The molecule has 0 saturated carbocycles. The van der Waals surface area contributed by atoms with Gasteiger partial charge in [-0.1, -0.05) is 12.8 Å². The molecule has 4 atom stereocenters. The number of ether oxygens (including phenoxy) is 2. The van der Waals surface area contributed by atoms with Gasteiger partial charge in [-0.15, -0.1) is 6.42 Å². The average molecular weight is 236 g/mol. The standard InChI is InChI=1S/C14H20O3/c1-6-14(15)9(2)7-13(8-10(14)3)16-11(4)12(5)17-13/h1,7,10-12,15H,8H2,2-5H3. The van der Waals surface area contributed by atoms with E-state index in [9.17, 15) is 5.11 Å². The lowest BCUT2D eigenvalue weighted by atomic mass is 9.74. The van der Waals surface area contributed by atoms with Gasteiger partial charge in [0.05, 0.1) is 12.2 Å². The molecule has 2 rings (SSSR count). The highest BCUT2D eigenvalue weighted by Crippen LogP contribution is 2.44. The van der Waals surface area contributed by atoms with Gasteiger partial charge in [0.15, 0.2) is 5.79 Å². The van der Waals surface area contributed by atoms with E-state index in [1.54, 1.807) is 0 Å². The Morgan fingerprint density at radius 1 is 1.35 bits per heavy atom. The van der Waals surface area contributed by atoms with E-state index < -0.39 is 11.4 Å². The Labute approximate surface area is 103 Å². The molecule has 0 aromatic rings. The first-order valence-electron chi connectivity index (χ1n) is 6.09. The van der Waals surface area contributed by atoms with Crippen molar-refractivity contribution in [3.05, 3.63) is 11.6 Å². The van der Waals surface area contributed by atoms with E-state index in [1.807, 2.05) is 33.8 Å². The van der Waals surface area contributed by atoms with Gasteiger partial charge in [-0.3, -0.25) is 0 Å². The zero-order chi connectivity index (χ0) is 12.8. The van der Waals surface area contributed by atoms with Gasteiger partial charge >= 0.3 is 0 Å². The molecule has 1 fully saturated rings. The minimum Gasteiger partial charge on any atom is -0.373 e. The topological polar surface area (TPSA) is 38.7 Å². The van der Waals surface area contributed by atoms with Crippen LogP contribution >= 0.6 is 0 Å². The molecule has 0 aromatic carbocycles. The molecule has 2 aliphatic rings. The summed E-state index contributed by atoms with van der Waals surface area (Å²) in [5, 5.41) is 10.4. The van der Waals surface area contributed by atoms with E-state index in [4.69, 9.17) is 15.9 Å². The average Bonchev–Trinajstić information content (AvgIpc) is 2.50. The molecule has 0 aromatic heterocycles. The fourth-order valence-electron chi connectivity index (χ4n) is 2.73. The second-order valence-electron chi connectivity index (χ2n) is 5.30. The van der Waals surface area contributed by atoms with Crippen molar-refractivity contribution in [1.82, 2.24) is 0 Å². The van der Waals surface area contributed by atoms with E-state index in [0.29, 0.717) is 6.42 Å². The van der Waals surface area contributed by atoms with Gasteiger partial charge in [0.1, 0.15) is 5.60 Å². The van der Waals surface area contributed by atoms with Crippen LogP contribution in [0.15, 0.2) is 11.6 Å². The molecule has 0 bridgehead atoms. The molecule has 1 spiro atoms. The second-order valence-corrected chi connectivity index (χ2v) is 5.30. The minimum atomic E-state index is -1.17. The van der Waals surface area contributed by atoms with Crippen LogP contribution in [0.3, 0.4) is 0 Å². The van der Waals surface area contributed by atoms with Crippen molar-refractivity contribution in [3.8, 4) is 12.3 Å². The Kier molecular flexibility index (Phi) is 2.86. The lowest BCUT2D eigenvalue weighted by Crippen LogP contribution is -2.47. The van der Waals surface area contributed by atoms with Crippen LogP contribution in [0.1, 0.15) is 34.1 Å². The predicted octanol–water partition coefficient (Wildman–Crippen LogP) is 1.86. The molecule has 3 nitrogen and oxygen atoms in total. The zero-order valence-corrected chi connectivity index (χ0v) is 10.9. The van der Waals surface area contributed by atoms with Crippen molar-refractivity contribution in [2.24, 2.45) is 5.92 Å². The minimum absolute atomic E-state index is 0.0586. The van der Waals surface area contributed by atoms with Gasteiger partial charge in [-0.05, 0) is 32.4 Å². The molecular formula is C14H20O3. The number of rotatable bonds is 0. The third-order valence-electron chi connectivity index (χ3n) is 3.99. The van der Waals surface area contributed by atoms with Gasteiger partial charge in [-0.2, -0.15) is 0 Å². The summed E-state index contributed by atoms with van der Waals surface area (Å²) in [4.78, 5) is 0. The lowest BCUT2D eigenvalue weighted by molar-refractivity contribution is -0.163. The van der Waals surface area contributed by atoms with Crippen LogP contribution in [0.4, 0.5) is 0 Å². The Morgan fingerprint density at radius 3 is 2.29 bits per heavy atom. The molecule has 94 valence electrons. The van der Waals surface area contributed by atoms with Crippen LogP contribution in [0.2, 0.25) is 0 Å². The lowest BCUT2D eigenvalue weighted by Gasteiger charge is -2.41. The third kappa shape index (κ3) is 1.81. The first kappa shape index (κ1) is 12.6. The molecule has 1 aliphatic carbocycles. The summed E-state index contributed by atoms with van der Waals surface area (Å²) in [6.45, 7) is 7.75. The number of hydrogen-bond acceptors (Lipinski definition) is 3. The highest BCUT2D eigenvalue weighted by atomic mass is 16.8. The molecule has 1 aliphatic heterocycles. The maximum absolute atomic E-state index is 10.4. The quantitative estimate of drug-likeness (QED) is 0.515. The van der Waals surface area contributed by atoms with Crippen molar-refractivity contribution >= 4 is 0 Å². The number of terminal acetylenes is 1. The van der Waals surface area contributed by atoms with Gasteiger partial charge in [0.2, 0.25) is 0 Å². The Bertz CT molecular complexity index is 383. The summed E-state index contributed by atoms with van der Waals surface area (Å²) < 4.78 is 11.8. The van der Waals surface area contributed by atoms with Gasteiger partial charge < -0.3 is 14.6 Å². The largest absolute Gasteiger partial charge is 0.373 e. The molecule has 1 N–H and O–H groups in total. The Balaban J connectivity index is 2.35. The summed E-state index contributed by atoms with van der Waals surface area (Å²) in [7, 11) is 0. The molecule has 4 unspecified atom stereocenters. The number of hydrogen-bond donors (Lipinski definition) is 1. The van der Waals surface area contributed by atoms with E-state index in [1.165, 1.54) is 0 Å². The normalized spacial score (nSPS) is 50.1. The van der Waals surface area contributed by atoms with Crippen LogP contribution in [0.25, 0.3) is 0 Å². The molecule has 3 heteroatoms. The first-order valence-corrected chi connectivity index (χ1v) is 6.09. The van der Waals surface area contributed by atoms with E-state index in [0.717, 1.165) is 5.57 Å². The van der Waals surface area contributed by atoms with Crippen LogP contribution in [0.5, 0.6) is 0 Å². The van der Waals surface area contributed by atoms with Crippen LogP contribution in [-0.2, 0) is 9.47 Å². The van der Waals surface area contributed by atoms with Crippen LogP contribution in [-0.4, -0.2) is 28.7 Å². The third-order valence-corrected chi connectivity index (χ3v) is 3.99. The molecule has 1 heterocycles. The van der Waals surface area contributed by atoms with Crippen molar-refractivity contribution < 1.29 is 14.6 Å². The van der Waals surface area contributed by atoms with E-state index in [2.05, 4.69) is 5.92 Å². The molecule has 17 heavy (non-hydrogen) atoms. The Morgan fingerprint density at radius 2 is 1.88 bits per heavy atom. The maximum Gasteiger partial charge on any atom is 0.189 e. The van der Waals surface area contributed by atoms with E-state index >= 15 is 0 Å². The van der Waals surface area contributed by atoms with Crippen molar-refractivity contribution in [2.45, 2.75) is 57.7 Å². The fourth-order valence-corrected chi connectivity index (χ4v) is 2.73.